The Balaban J connectivity index is 1.99. The number of methoxy groups -OCH3 is 2. The van der Waals surface area contributed by atoms with E-state index in [4.69, 9.17) is 9.47 Å². The fraction of sp³-hybridized carbons (Fsp3) is 0.368. The van der Waals surface area contributed by atoms with Crippen LogP contribution in [0, 0.1) is 6.92 Å². The van der Waals surface area contributed by atoms with Gasteiger partial charge in [-0.2, -0.15) is 4.31 Å². The molecule has 0 amide bonds. The van der Waals surface area contributed by atoms with Gasteiger partial charge in [0, 0.05) is 12.6 Å². The van der Waals surface area contributed by atoms with Crippen molar-refractivity contribution in [3.8, 4) is 11.5 Å². The summed E-state index contributed by atoms with van der Waals surface area (Å²) in [5, 5.41) is 0. The summed E-state index contributed by atoms with van der Waals surface area (Å²) in [7, 11) is -0.581. The van der Waals surface area contributed by atoms with Crippen LogP contribution in [0.3, 0.4) is 0 Å². The van der Waals surface area contributed by atoms with E-state index in [1.165, 1.54) is 20.3 Å². The molecule has 134 valence electrons. The van der Waals surface area contributed by atoms with E-state index < -0.39 is 10.0 Å². The first-order chi connectivity index (χ1) is 12.0. The third-order valence-electron chi connectivity index (χ3n) is 4.59. The second-order valence-electron chi connectivity index (χ2n) is 6.20. The Morgan fingerprint density at radius 3 is 2.48 bits per heavy atom. The monoisotopic (exact) mass is 361 g/mol. The van der Waals surface area contributed by atoms with E-state index in [1.807, 2.05) is 25.1 Å². The molecule has 0 radical (unpaired) electrons. The van der Waals surface area contributed by atoms with Crippen LogP contribution in [0.4, 0.5) is 0 Å². The molecule has 1 fully saturated rings. The first-order valence-corrected chi connectivity index (χ1v) is 9.72. The molecule has 1 saturated heterocycles. The highest BCUT2D eigenvalue weighted by Crippen LogP contribution is 2.38. The van der Waals surface area contributed by atoms with E-state index in [0.717, 1.165) is 24.0 Å². The van der Waals surface area contributed by atoms with Crippen LogP contribution in [0.5, 0.6) is 11.5 Å². The molecule has 1 aliphatic rings. The maximum absolute atomic E-state index is 13.2. The maximum atomic E-state index is 13.2. The van der Waals surface area contributed by atoms with Crippen LogP contribution in [-0.4, -0.2) is 33.5 Å². The lowest BCUT2D eigenvalue weighted by Gasteiger charge is -2.25. The Labute approximate surface area is 149 Å². The van der Waals surface area contributed by atoms with Gasteiger partial charge >= 0.3 is 0 Å². The van der Waals surface area contributed by atoms with E-state index in [2.05, 4.69) is 6.07 Å². The van der Waals surface area contributed by atoms with E-state index >= 15 is 0 Å². The van der Waals surface area contributed by atoms with Gasteiger partial charge in [0.15, 0.2) is 11.5 Å². The smallest absolute Gasteiger partial charge is 0.243 e. The van der Waals surface area contributed by atoms with Crippen LogP contribution in [-0.2, 0) is 10.0 Å². The summed E-state index contributed by atoms with van der Waals surface area (Å²) in [5.74, 6) is 0.924. The summed E-state index contributed by atoms with van der Waals surface area (Å²) < 4.78 is 38.5. The third-order valence-corrected chi connectivity index (χ3v) is 6.50. The molecule has 1 aliphatic heterocycles. The van der Waals surface area contributed by atoms with Gasteiger partial charge < -0.3 is 9.47 Å². The van der Waals surface area contributed by atoms with Gasteiger partial charge in [-0.05, 0) is 37.5 Å². The molecule has 1 unspecified atom stereocenters. The van der Waals surface area contributed by atoms with Gasteiger partial charge in [0.25, 0.3) is 0 Å². The zero-order valence-corrected chi connectivity index (χ0v) is 15.5. The minimum Gasteiger partial charge on any atom is -0.493 e. The van der Waals surface area contributed by atoms with Crippen molar-refractivity contribution in [3.63, 3.8) is 0 Å². The number of benzene rings is 2. The number of aryl methyl sites for hydroxylation is 1. The molecule has 0 N–H and O–H groups in total. The second-order valence-corrected chi connectivity index (χ2v) is 8.10. The fourth-order valence-electron chi connectivity index (χ4n) is 3.35. The Morgan fingerprint density at radius 1 is 1.04 bits per heavy atom. The molecule has 25 heavy (non-hydrogen) atoms. The summed E-state index contributed by atoms with van der Waals surface area (Å²) in [5.41, 5.74) is 2.18. The van der Waals surface area contributed by atoms with Gasteiger partial charge in [0.05, 0.1) is 25.2 Å². The average Bonchev–Trinajstić information content (AvgIpc) is 3.11. The second kappa shape index (κ2) is 7.06. The van der Waals surface area contributed by atoms with Gasteiger partial charge in [0.1, 0.15) is 0 Å². The van der Waals surface area contributed by atoms with Gasteiger partial charge in [-0.3, -0.25) is 0 Å². The molecular formula is C19H23NO4S. The topological polar surface area (TPSA) is 55.8 Å². The van der Waals surface area contributed by atoms with E-state index in [9.17, 15) is 8.42 Å². The quantitative estimate of drug-likeness (QED) is 0.817. The standard InChI is InChI=1S/C19H23NO4S/c1-14-6-4-7-15(12-14)17-8-5-11-20(17)25(21,22)16-9-10-18(23-2)19(13-16)24-3/h4,6-7,9-10,12-13,17H,5,8,11H2,1-3H3. The van der Waals surface area contributed by atoms with Crippen molar-refractivity contribution >= 4 is 10.0 Å². The van der Waals surface area contributed by atoms with E-state index in [-0.39, 0.29) is 10.9 Å². The van der Waals surface area contributed by atoms with Crippen molar-refractivity contribution in [1.82, 2.24) is 4.31 Å². The van der Waals surface area contributed by atoms with Crippen LogP contribution >= 0.6 is 0 Å². The molecule has 0 bridgehead atoms. The summed E-state index contributed by atoms with van der Waals surface area (Å²) in [6.45, 7) is 2.54. The molecule has 1 heterocycles. The number of sulfonamides is 1. The molecular weight excluding hydrogens is 338 g/mol. The normalized spacial score (nSPS) is 18.3. The maximum Gasteiger partial charge on any atom is 0.243 e. The highest BCUT2D eigenvalue weighted by Gasteiger charge is 2.36. The number of hydrogen-bond donors (Lipinski definition) is 0. The molecule has 6 heteroatoms. The predicted octanol–water partition coefficient (Wildman–Crippen LogP) is 3.54. The molecule has 3 rings (SSSR count). The first-order valence-electron chi connectivity index (χ1n) is 8.28. The van der Waals surface area contributed by atoms with Gasteiger partial charge in [-0.25, -0.2) is 8.42 Å². The van der Waals surface area contributed by atoms with Crippen LogP contribution in [0.1, 0.15) is 30.0 Å². The Hall–Kier alpha value is -2.05. The van der Waals surface area contributed by atoms with Crippen LogP contribution in [0.15, 0.2) is 47.4 Å². The number of rotatable bonds is 5. The predicted molar refractivity (Wildman–Crippen MR) is 96.6 cm³/mol. The number of ether oxygens (including phenoxy) is 2. The van der Waals surface area contributed by atoms with Crippen molar-refractivity contribution in [1.29, 1.82) is 0 Å². The van der Waals surface area contributed by atoms with Crippen LogP contribution in [0.25, 0.3) is 0 Å². The molecule has 1 atom stereocenters. The van der Waals surface area contributed by atoms with Crippen molar-refractivity contribution < 1.29 is 17.9 Å². The minimum atomic E-state index is -3.61. The largest absolute Gasteiger partial charge is 0.493 e. The lowest BCUT2D eigenvalue weighted by atomic mass is 10.0. The summed E-state index contributed by atoms with van der Waals surface area (Å²) in [4.78, 5) is 0.227. The van der Waals surface area contributed by atoms with Gasteiger partial charge in [-0.15, -0.1) is 0 Å². The molecule has 0 aliphatic carbocycles. The lowest BCUT2D eigenvalue weighted by molar-refractivity contribution is 0.353. The highest BCUT2D eigenvalue weighted by atomic mass is 32.2. The van der Waals surface area contributed by atoms with Gasteiger partial charge in [-0.1, -0.05) is 29.8 Å². The van der Waals surface area contributed by atoms with Crippen LogP contribution in [0.2, 0.25) is 0 Å². The molecule has 0 spiro atoms. The highest BCUT2D eigenvalue weighted by molar-refractivity contribution is 7.89. The zero-order chi connectivity index (χ0) is 18.0. The average molecular weight is 361 g/mol. The molecule has 2 aromatic rings. The number of nitrogens with zero attached hydrogens (tertiary/aromatic N) is 1. The fourth-order valence-corrected chi connectivity index (χ4v) is 5.05. The van der Waals surface area contributed by atoms with Crippen LogP contribution < -0.4 is 9.47 Å². The zero-order valence-electron chi connectivity index (χ0n) is 14.7. The third kappa shape index (κ3) is 3.37. The molecule has 2 aromatic carbocycles. The van der Waals surface area contributed by atoms with Crippen molar-refractivity contribution in [2.75, 3.05) is 20.8 Å². The first kappa shape index (κ1) is 17.8. The molecule has 0 aromatic heterocycles. The SMILES string of the molecule is COc1ccc(S(=O)(=O)N2CCCC2c2cccc(C)c2)cc1OC. The van der Waals surface area contributed by atoms with E-state index in [0.29, 0.717) is 18.0 Å². The Kier molecular flexibility index (Phi) is 5.01. The summed E-state index contributed by atoms with van der Waals surface area (Å²) in [6, 6.07) is 12.7. The minimum absolute atomic E-state index is 0.127. The Morgan fingerprint density at radius 2 is 1.80 bits per heavy atom. The summed E-state index contributed by atoms with van der Waals surface area (Å²) in [6.07, 6.45) is 1.68. The summed E-state index contributed by atoms with van der Waals surface area (Å²) >= 11 is 0. The lowest BCUT2D eigenvalue weighted by Crippen LogP contribution is -2.30. The molecule has 0 saturated carbocycles. The van der Waals surface area contributed by atoms with Crippen molar-refractivity contribution in [2.45, 2.75) is 30.7 Å². The van der Waals surface area contributed by atoms with E-state index in [1.54, 1.807) is 16.4 Å². The van der Waals surface area contributed by atoms with Crippen molar-refractivity contribution in [3.05, 3.63) is 53.6 Å². The molecule has 5 nitrogen and oxygen atoms in total. The number of hydrogen-bond acceptors (Lipinski definition) is 4. The van der Waals surface area contributed by atoms with Crippen molar-refractivity contribution in [2.24, 2.45) is 0 Å². The Bertz CT molecular complexity index is 863. The van der Waals surface area contributed by atoms with Gasteiger partial charge in [0.2, 0.25) is 10.0 Å².